The van der Waals surface area contributed by atoms with Crippen LogP contribution >= 0.6 is 0 Å². The Labute approximate surface area is 87.5 Å². The number of nitrogens with one attached hydrogen (secondary N) is 1. The number of nitrogens with zero attached hydrogens (tertiary/aromatic N) is 1. The number of hydrogen-bond donors (Lipinski definition) is 1. The van der Waals surface area contributed by atoms with E-state index in [4.69, 9.17) is 4.74 Å². The van der Waals surface area contributed by atoms with Gasteiger partial charge in [0.25, 0.3) is 0 Å². The van der Waals surface area contributed by atoms with E-state index >= 15 is 0 Å². The highest BCUT2D eigenvalue weighted by Gasteiger charge is 2.42. The zero-order chi connectivity index (χ0) is 11.1. The smallest absolute Gasteiger partial charge is 0.424 e. The van der Waals surface area contributed by atoms with Crippen molar-refractivity contribution in [3.63, 3.8) is 0 Å². The summed E-state index contributed by atoms with van der Waals surface area (Å²) in [5.74, 6) is 0. The molecule has 2 rings (SSSR count). The molecule has 15 heavy (non-hydrogen) atoms. The number of hydrogen-bond acceptors (Lipinski definition) is 5. The van der Waals surface area contributed by atoms with Gasteiger partial charge < -0.3 is 9.47 Å². The van der Waals surface area contributed by atoms with E-state index in [1.54, 1.807) is 6.92 Å². The van der Waals surface area contributed by atoms with Crippen LogP contribution in [0.3, 0.4) is 0 Å². The second-order valence-corrected chi connectivity index (χ2v) is 5.44. The molecule has 0 saturated carbocycles. The molecule has 2 aliphatic heterocycles. The Hall–Kier alpha value is -0.860. The molecular formula is C7H12N2O5S. The molecule has 0 aromatic heterocycles. The Morgan fingerprint density at radius 2 is 2.13 bits per heavy atom. The van der Waals surface area contributed by atoms with Crippen LogP contribution in [0.15, 0.2) is 0 Å². The molecule has 0 aliphatic carbocycles. The normalized spacial score (nSPS) is 24.9. The van der Waals surface area contributed by atoms with E-state index in [-0.39, 0.29) is 13.2 Å². The van der Waals surface area contributed by atoms with E-state index in [1.165, 1.54) is 0 Å². The lowest BCUT2D eigenvalue weighted by Crippen LogP contribution is -2.62. The maximum Gasteiger partial charge on any atom is 0.424 e. The molecule has 0 bridgehead atoms. The number of ether oxygens (including phenoxy) is 2. The molecule has 2 aliphatic rings. The average molecular weight is 236 g/mol. The van der Waals surface area contributed by atoms with Crippen molar-refractivity contribution in [2.24, 2.45) is 0 Å². The third-order valence-electron chi connectivity index (χ3n) is 2.23. The first-order valence-electron chi connectivity index (χ1n) is 4.49. The van der Waals surface area contributed by atoms with Crippen molar-refractivity contribution in [2.45, 2.75) is 12.5 Å². The lowest BCUT2D eigenvalue weighted by Gasteiger charge is -2.38. The van der Waals surface area contributed by atoms with Crippen molar-refractivity contribution in [3.05, 3.63) is 0 Å². The second kappa shape index (κ2) is 3.32. The third-order valence-corrected chi connectivity index (χ3v) is 3.89. The third kappa shape index (κ3) is 1.92. The first-order chi connectivity index (χ1) is 6.93. The van der Waals surface area contributed by atoms with Gasteiger partial charge in [0, 0.05) is 0 Å². The number of cyclic esters (lactones) is 1. The first kappa shape index (κ1) is 10.7. The van der Waals surface area contributed by atoms with Crippen molar-refractivity contribution in [3.8, 4) is 0 Å². The summed E-state index contributed by atoms with van der Waals surface area (Å²) in [5.41, 5.74) is -0.609. The van der Waals surface area contributed by atoms with Crippen molar-refractivity contribution in [1.82, 2.24) is 9.03 Å². The molecule has 86 valence electrons. The second-order valence-electron chi connectivity index (χ2n) is 3.85. The minimum absolute atomic E-state index is 0.0606. The minimum atomic E-state index is -3.80. The number of carbonyl (C=O) groups is 1. The standard InChI is InChI=1S/C7H12N2O5S/c1-7(4-13-5-7)8-15(11,12)9-2-3-14-6(9)10/h8H,2-5H2,1H3. The fraction of sp³-hybridized carbons (Fsp3) is 0.857. The van der Waals surface area contributed by atoms with Gasteiger partial charge >= 0.3 is 16.3 Å². The highest BCUT2D eigenvalue weighted by atomic mass is 32.2. The number of carbonyl (C=O) groups excluding carboxylic acids is 1. The summed E-state index contributed by atoms with van der Waals surface area (Å²) in [4.78, 5) is 11.1. The Kier molecular flexibility index (Phi) is 2.36. The van der Waals surface area contributed by atoms with Crippen LogP contribution in [-0.2, 0) is 19.7 Å². The van der Waals surface area contributed by atoms with Gasteiger partial charge in [0.05, 0.1) is 25.3 Å². The number of amides is 1. The van der Waals surface area contributed by atoms with Crippen LogP contribution in [0.2, 0.25) is 0 Å². The fourth-order valence-electron chi connectivity index (χ4n) is 1.43. The topological polar surface area (TPSA) is 84.9 Å². The molecule has 1 amide bonds. The van der Waals surface area contributed by atoms with Crippen molar-refractivity contribution in [2.75, 3.05) is 26.4 Å². The van der Waals surface area contributed by atoms with Crippen LogP contribution in [0, 0.1) is 0 Å². The summed E-state index contributed by atoms with van der Waals surface area (Å²) < 4.78 is 36.0. The Balaban J connectivity index is 2.09. The lowest BCUT2D eigenvalue weighted by molar-refractivity contribution is -0.0528. The predicted octanol–water partition coefficient (Wildman–Crippen LogP) is -0.938. The SMILES string of the molecule is CC1(NS(=O)(=O)N2CCOC2=O)COC1. The van der Waals surface area contributed by atoms with E-state index < -0.39 is 21.8 Å². The molecule has 2 saturated heterocycles. The van der Waals surface area contributed by atoms with Gasteiger partial charge in [-0.1, -0.05) is 0 Å². The Morgan fingerprint density at radius 1 is 1.47 bits per heavy atom. The highest BCUT2D eigenvalue weighted by Crippen LogP contribution is 2.19. The molecule has 0 spiro atoms. The predicted molar refractivity (Wildman–Crippen MR) is 49.3 cm³/mol. The van der Waals surface area contributed by atoms with E-state index in [1.807, 2.05) is 0 Å². The number of rotatable bonds is 3. The zero-order valence-electron chi connectivity index (χ0n) is 8.23. The monoisotopic (exact) mass is 236 g/mol. The Morgan fingerprint density at radius 3 is 2.53 bits per heavy atom. The van der Waals surface area contributed by atoms with Crippen molar-refractivity contribution in [1.29, 1.82) is 0 Å². The maximum atomic E-state index is 11.7. The van der Waals surface area contributed by atoms with E-state index in [0.29, 0.717) is 17.5 Å². The fourth-order valence-corrected chi connectivity index (χ4v) is 2.85. The molecule has 0 radical (unpaired) electrons. The van der Waals surface area contributed by atoms with Crippen LogP contribution in [0.4, 0.5) is 4.79 Å². The summed E-state index contributed by atoms with van der Waals surface area (Å²) in [7, 11) is -3.80. The lowest BCUT2D eigenvalue weighted by atomic mass is 10.0. The summed E-state index contributed by atoms with van der Waals surface area (Å²) in [5, 5.41) is 0. The van der Waals surface area contributed by atoms with Gasteiger partial charge in [-0.05, 0) is 6.92 Å². The molecule has 2 fully saturated rings. The van der Waals surface area contributed by atoms with Crippen LogP contribution in [0.25, 0.3) is 0 Å². The maximum absolute atomic E-state index is 11.7. The molecule has 1 N–H and O–H groups in total. The van der Waals surface area contributed by atoms with Gasteiger partial charge in [-0.3, -0.25) is 0 Å². The van der Waals surface area contributed by atoms with Crippen LogP contribution in [0.5, 0.6) is 0 Å². The van der Waals surface area contributed by atoms with Crippen molar-refractivity contribution >= 4 is 16.3 Å². The average Bonchev–Trinajstić information content (AvgIpc) is 2.48. The van der Waals surface area contributed by atoms with Gasteiger partial charge in [0.2, 0.25) is 0 Å². The van der Waals surface area contributed by atoms with Gasteiger partial charge in [-0.15, -0.1) is 0 Å². The van der Waals surface area contributed by atoms with Gasteiger partial charge in [0.1, 0.15) is 6.61 Å². The molecule has 7 nitrogen and oxygen atoms in total. The Bertz CT molecular complexity index is 375. The van der Waals surface area contributed by atoms with Crippen LogP contribution in [-0.4, -0.2) is 50.7 Å². The van der Waals surface area contributed by atoms with Crippen LogP contribution < -0.4 is 4.72 Å². The highest BCUT2D eigenvalue weighted by molar-refractivity contribution is 7.87. The summed E-state index contributed by atoms with van der Waals surface area (Å²) in [6, 6.07) is 0. The summed E-state index contributed by atoms with van der Waals surface area (Å²) >= 11 is 0. The van der Waals surface area contributed by atoms with Crippen molar-refractivity contribution < 1.29 is 22.7 Å². The summed E-state index contributed by atoms with van der Waals surface area (Å²) in [6.07, 6.45) is -0.827. The first-order valence-corrected chi connectivity index (χ1v) is 5.93. The molecule has 8 heteroatoms. The zero-order valence-corrected chi connectivity index (χ0v) is 9.04. The molecule has 0 aromatic rings. The van der Waals surface area contributed by atoms with Gasteiger partial charge in [-0.25, -0.2) is 4.79 Å². The largest absolute Gasteiger partial charge is 0.447 e. The molecule has 0 aromatic carbocycles. The van der Waals surface area contributed by atoms with Gasteiger partial charge in [-0.2, -0.15) is 17.4 Å². The quantitative estimate of drug-likeness (QED) is 0.683. The van der Waals surface area contributed by atoms with E-state index in [0.717, 1.165) is 0 Å². The van der Waals surface area contributed by atoms with E-state index in [2.05, 4.69) is 9.46 Å². The van der Waals surface area contributed by atoms with Gasteiger partial charge in [0.15, 0.2) is 0 Å². The van der Waals surface area contributed by atoms with Crippen LogP contribution in [0.1, 0.15) is 6.92 Å². The molecule has 2 heterocycles. The molecule has 0 atom stereocenters. The molecular weight excluding hydrogens is 224 g/mol. The van der Waals surface area contributed by atoms with E-state index in [9.17, 15) is 13.2 Å². The minimum Gasteiger partial charge on any atom is -0.447 e. The molecule has 0 unspecified atom stereocenters. The summed E-state index contributed by atoms with van der Waals surface area (Å²) in [6.45, 7) is 2.51.